The minimum absolute atomic E-state index is 0.291. The van der Waals surface area contributed by atoms with Gasteiger partial charge in [0.2, 0.25) is 0 Å². The second-order valence-corrected chi connectivity index (χ2v) is 4.37. The first-order chi connectivity index (χ1) is 7.34. The highest BCUT2D eigenvalue weighted by molar-refractivity contribution is 5.80. The van der Waals surface area contributed by atoms with Crippen LogP contribution in [0.5, 0.6) is 0 Å². The summed E-state index contributed by atoms with van der Waals surface area (Å²) in [5, 5.41) is 9.15. The standard InChI is InChI=1S/C10H18N2O4/c1-7(13)8(14)12-5-3-10(2,4-6-12)16-9(11)15/h7,13H,3-6H2,1-2H3,(H2,11,15). The summed E-state index contributed by atoms with van der Waals surface area (Å²) in [4.78, 5) is 23.7. The summed E-state index contributed by atoms with van der Waals surface area (Å²) < 4.78 is 5.01. The molecule has 0 aromatic carbocycles. The zero-order chi connectivity index (χ0) is 12.3. The van der Waals surface area contributed by atoms with E-state index in [0.29, 0.717) is 25.9 Å². The highest BCUT2D eigenvalue weighted by Crippen LogP contribution is 2.25. The molecule has 2 amide bonds. The maximum absolute atomic E-state index is 11.5. The quantitative estimate of drug-likeness (QED) is 0.689. The minimum atomic E-state index is -0.985. The summed E-state index contributed by atoms with van der Waals surface area (Å²) in [5.74, 6) is -0.291. The monoisotopic (exact) mass is 230 g/mol. The van der Waals surface area contributed by atoms with Crippen LogP contribution in [0.4, 0.5) is 4.79 Å². The third-order valence-electron chi connectivity index (χ3n) is 2.84. The summed E-state index contributed by atoms with van der Waals surface area (Å²) >= 11 is 0. The molecule has 92 valence electrons. The van der Waals surface area contributed by atoms with Crippen molar-refractivity contribution in [1.29, 1.82) is 0 Å². The first kappa shape index (κ1) is 12.8. The Morgan fingerprint density at radius 1 is 1.44 bits per heavy atom. The zero-order valence-corrected chi connectivity index (χ0v) is 9.60. The number of ether oxygens (including phenoxy) is 1. The second-order valence-electron chi connectivity index (χ2n) is 4.37. The van der Waals surface area contributed by atoms with Crippen LogP contribution in [-0.4, -0.2) is 46.8 Å². The largest absolute Gasteiger partial charge is 0.443 e. The molecule has 1 aliphatic rings. The third kappa shape index (κ3) is 3.10. The van der Waals surface area contributed by atoms with Crippen LogP contribution in [0, 0.1) is 0 Å². The van der Waals surface area contributed by atoms with Gasteiger partial charge in [-0.05, 0) is 13.8 Å². The molecule has 6 nitrogen and oxygen atoms in total. The van der Waals surface area contributed by atoms with Crippen LogP contribution in [-0.2, 0) is 9.53 Å². The number of piperidine rings is 1. The molecule has 6 heteroatoms. The Morgan fingerprint density at radius 3 is 2.31 bits per heavy atom. The van der Waals surface area contributed by atoms with E-state index in [0.717, 1.165) is 0 Å². The Hall–Kier alpha value is -1.30. The summed E-state index contributed by atoms with van der Waals surface area (Å²) in [5.41, 5.74) is 4.37. The molecule has 1 fully saturated rings. The van der Waals surface area contributed by atoms with Gasteiger partial charge in [-0.1, -0.05) is 0 Å². The summed E-state index contributed by atoms with van der Waals surface area (Å²) in [6.07, 6.45) is -0.706. The van der Waals surface area contributed by atoms with Crippen LogP contribution in [0.25, 0.3) is 0 Å². The number of aliphatic hydroxyl groups excluding tert-OH is 1. The van der Waals surface area contributed by atoms with E-state index in [1.807, 2.05) is 0 Å². The fourth-order valence-electron chi connectivity index (χ4n) is 1.81. The van der Waals surface area contributed by atoms with E-state index in [4.69, 9.17) is 15.6 Å². The smallest absolute Gasteiger partial charge is 0.405 e. The lowest BCUT2D eigenvalue weighted by atomic mass is 9.93. The predicted octanol–water partition coefficient (Wildman–Crippen LogP) is -0.156. The number of nitrogens with two attached hydrogens (primary N) is 1. The van der Waals surface area contributed by atoms with Crippen molar-refractivity contribution in [3.05, 3.63) is 0 Å². The molecule has 0 radical (unpaired) electrons. The number of carbonyl (C=O) groups is 2. The van der Waals surface area contributed by atoms with E-state index in [-0.39, 0.29) is 5.91 Å². The molecule has 1 atom stereocenters. The van der Waals surface area contributed by atoms with Crippen LogP contribution in [0.15, 0.2) is 0 Å². The van der Waals surface area contributed by atoms with Crippen molar-refractivity contribution in [2.24, 2.45) is 5.73 Å². The van der Waals surface area contributed by atoms with E-state index in [2.05, 4.69) is 0 Å². The molecule has 1 unspecified atom stereocenters. The van der Waals surface area contributed by atoms with Gasteiger partial charge in [0.1, 0.15) is 11.7 Å². The third-order valence-corrected chi connectivity index (χ3v) is 2.84. The summed E-state index contributed by atoms with van der Waals surface area (Å²) in [6.45, 7) is 4.17. The van der Waals surface area contributed by atoms with E-state index < -0.39 is 17.8 Å². The Kier molecular flexibility index (Phi) is 3.74. The molecular formula is C10H18N2O4. The van der Waals surface area contributed by atoms with Crippen molar-refractivity contribution in [1.82, 2.24) is 4.90 Å². The van der Waals surface area contributed by atoms with Crippen LogP contribution in [0.2, 0.25) is 0 Å². The Labute approximate surface area is 94.3 Å². The number of likely N-dealkylation sites (tertiary alicyclic amines) is 1. The molecule has 0 saturated carbocycles. The Bertz CT molecular complexity index is 283. The number of nitrogens with zero attached hydrogens (tertiary/aromatic N) is 1. The molecule has 16 heavy (non-hydrogen) atoms. The van der Waals surface area contributed by atoms with Gasteiger partial charge in [-0.25, -0.2) is 4.79 Å². The normalized spacial score (nSPS) is 21.3. The van der Waals surface area contributed by atoms with E-state index in [1.165, 1.54) is 6.92 Å². The van der Waals surface area contributed by atoms with Gasteiger partial charge in [0, 0.05) is 25.9 Å². The fraction of sp³-hybridized carbons (Fsp3) is 0.800. The first-order valence-electron chi connectivity index (χ1n) is 5.29. The number of carbonyl (C=O) groups excluding carboxylic acids is 2. The maximum Gasteiger partial charge on any atom is 0.405 e. The van der Waals surface area contributed by atoms with Gasteiger partial charge in [0.25, 0.3) is 5.91 Å². The van der Waals surface area contributed by atoms with Gasteiger partial charge in [0.15, 0.2) is 0 Å². The van der Waals surface area contributed by atoms with Crippen molar-refractivity contribution < 1.29 is 19.4 Å². The van der Waals surface area contributed by atoms with E-state index >= 15 is 0 Å². The molecule has 3 N–H and O–H groups in total. The lowest BCUT2D eigenvalue weighted by Crippen LogP contribution is -2.50. The molecule has 1 heterocycles. The molecule has 1 rings (SSSR count). The van der Waals surface area contributed by atoms with Crippen molar-refractivity contribution in [3.8, 4) is 0 Å². The van der Waals surface area contributed by atoms with Gasteiger partial charge < -0.3 is 20.5 Å². The van der Waals surface area contributed by atoms with Gasteiger partial charge >= 0.3 is 6.09 Å². The number of rotatable bonds is 2. The molecular weight excluding hydrogens is 212 g/mol. The fourth-order valence-corrected chi connectivity index (χ4v) is 1.81. The molecule has 0 aromatic heterocycles. The number of amides is 2. The molecule has 1 aliphatic heterocycles. The predicted molar refractivity (Wildman–Crippen MR) is 56.6 cm³/mol. The number of primary amides is 1. The molecule has 0 spiro atoms. The van der Waals surface area contributed by atoms with E-state index in [1.54, 1.807) is 11.8 Å². The molecule has 0 aliphatic carbocycles. The SMILES string of the molecule is CC(O)C(=O)N1CCC(C)(OC(N)=O)CC1. The highest BCUT2D eigenvalue weighted by atomic mass is 16.6. The van der Waals surface area contributed by atoms with Crippen LogP contribution >= 0.6 is 0 Å². The molecule has 0 bridgehead atoms. The first-order valence-corrected chi connectivity index (χ1v) is 5.29. The number of aliphatic hydroxyl groups is 1. The zero-order valence-electron chi connectivity index (χ0n) is 9.60. The van der Waals surface area contributed by atoms with E-state index in [9.17, 15) is 9.59 Å². The van der Waals surface area contributed by atoms with Gasteiger partial charge in [-0.3, -0.25) is 4.79 Å². The number of hydrogen-bond acceptors (Lipinski definition) is 4. The van der Waals surface area contributed by atoms with Crippen LogP contribution in [0.1, 0.15) is 26.7 Å². The highest BCUT2D eigenvalue weighted by Gasteiger charge is 2.35. The van der Waals surface area contributed by atoms with Gasteiger partial charge in [0.05, 0.1) is 0 Å². The summed E-state index contributed by atoms with van der Waals surface area (Å²) in [7, 11) is 0. The van der Waals surface area contributed by atoms with Crippen LogP contribution < -0.4 is 5.73 Å². The average molecular weight is 230 g/mol. The number of hydrogen-bond donors (Lipinski definition) is 2. The van der Waals surface area contributed by atoms with Crippen molar-refractivity contribution in [2.75, 3.05) is 13.1 Å². The molecule has 1 saturated heterocycles. The van der Waals surface area contributed by atoms with Crippen LogP contribution in [0.3, 0.4) is 0 Å². The Morgan fingerprint density at radius 2 is 1.94 bits per heavy atom. The molecule has 0 aromatic rings. The van der Waals surface area contributed by atoms with Crippen molar-refractivity contribution in [2.45, 2.75) is 38.4 Å². The van der Waals surface area contributed by atoms with Crippen molar-refractivity contribution in [3.63, 3.8) is 0 Å². The lowest BCUT2D eigenvalue weighted by Gasteiger charge is -2.38. The maximum atomic E-state index is 11.5. The average Bonchev–Trinajstić information content (AvgIpc) is 2.16. The van der Waals surface area contributed by atoms with Crippen molar-refractivity contribution >= 4 is 12.0 Å². The second kappa shape index (κ2) is 4.69. The minimum Gasteiger partial charge on any atom is -0.443 e. The Balaban J connectivity index is 2.50. The van der Waals surface area contributed by atoms with Gasteiger partial charge in [-0.15, -0.1) is 0 Å². The summed E-state index contributed by atoms with van der Waals surface area (Å²) in [6, 6.07) is 0. The van der Waals surface area contributed by atoms with Gasteiger partial charge in [-0.2, -0.15) is 0 Å². The lowest BCUT2D eigenvalue weighted by molar-refractivity contribution is -0.142. The topological polar surface area (TPSA) is 92.9 Å².